The fraction of sp³-hybridized carbons (Fsp3) is 0.0400. The molecule has 32 heavy (non-hydrogen) atoms. The van der Waals surface area contributed by atoms with E-state index in [0.717, 1.165) is 16.0 Å². The first kappa shape index (κ1) is 19.4. The van der Waals surface area contributed by atoms with E-state index in [1.807, 2.05) is 54.6 Å². The molecule has 3 aromatic carbocycles. The Labute approximate surface area is 182 Å². The van der Waals surface area contributed by atoms with Crippen LogP contribution in [-0.2, 0) is 6.61 Å². The van der Waals surface area contributed by atoms with Crippen LogP contribution < -0.4 is 19.9 Å². The van der Waals surface area contributed by atoms with E-state index in [1.165, 1.54) is 6.26 Å². The van der Waals surface area contributed by atoms with Crippen LogP contribution >= 0.6 is 0 Å². The lowest BCUT2D eigenvalue weighted by Gasteiger charge is -2.13. The first-order valence-electron chi connectivity index (χ1n) is 9.97. The van der Waals surface area contributed by atoms with Crippen LogP contribution in [0, 0.1) is 5.21 Å². The Balaban J connectivity index is 1.44. The summed E-state index contributed by atoms with van der Waals surface area (Å²) in [6, 6.07) is 26.8. The minimum absolute atomic E-state index is 0.121. The lowest BCUT2D eigenvalue weighted by atomic mass is 10.2. The van der Waals surface area contributed by atoms with Gasteiger partial charge < -0.3 is 19.2 Å². The molecule has 0 aliphatic rings. The van der Waals surface area contributed by atoms with Crippen LogP contribution in [-0.4, -0.2) is 4.73 Å². The van der Waals surface area contributed by atoms with Crippen molar-refractivity contribution in [1.29, 1.82) is 0 Å². The fourth-order valence-electron chi connectivity index (χ4n) is 3.38. The van der Waals surface area contributed by atoms with Gasteiger partial charge >= 0.3 is 11.3 Å². The van der Waals surface area contributed by atoms with Crippen molar-refractivity contribution < 1.29 is 18.7 Å². The summed E-state index contributed by atoms with van der Waals surface area (Å²) in [5.74, 6) is 1.61. The number of para-hydroxylation sites is 3. The number of hydrogen-bond acceptors (Lipinski definition) is 5. The number of furan rings is 1. The molecule has 0 bridgehead atoms. The molecule has 7 heteroatoms. The van der Waals surface area contributed by atoms with E-state index < -0.39 is 5.56 Å². The third-order valence-electron chi connectivity index (χ3n) is 4.93. The van der Waals surface area contributed by atoms with E-state index in [2.05, 4.69) is 0 Å². The number of aromatic nitrogens is 2. The number of fused-ring (bicyclic) bond motifs is 1. The predicted octanol–water partition coefficient (Wildman–Crippen LogP) is 4.32. The molecule has 5 aromatic rings. The molecule has 0 aliphatic heterocycles. The third-order valence-corrected chi connectivity index (χ3v) is 4.93. The molecule has 0 N–H and O–H groups in total. The normalized spacial score (nSPS) is 10.9. The van der Waals surface area contributed by atoms with Gasteiger partial charge in [0.25, 0.3) is 0 Å². The summed E-state index contributed by atoms with van der Waals surface area (Å²) in [5, 5.41) is 12.8. The minimum Gasteiger partial charge on any atom is -0.618 e. The lowest BCUT2D eigenvalue weighted by Crippen LogP contribution is -2.42. The van der Waals surface area contributed by atoms with Crippen molar-refractivity contribution in [3.05, 3.63) is 118 Å². The van der Waals surface area contributed by atoms with Crippen molar-refractivity contribution in [3.63, 3.8) is 0 Å². The minimum atomic E-state index is -0.599. The topological polar surface area (TPSA) is 80.5 Å². The van der Waals surface area contributed by atoms with Gasteiger partial charge in [-0.15, -0.1) is 4.73 Å². The zero-order valence-corrected chi connectivity index (χ0v) is 16.9. The number of nitrogens with zero attached hydrogens (tertiary/aromatic N) is 2. The Morgan fingerprint density at radius 2 is 1.56 bits per heavy atom. The van der Waals surface area contributed by atoms with Crippen LogP contribution in [0.5, 0.6) is 11.5 Å². The highest BCUT2D eigenvalue weighted by Gasteiger charge is 2.25. The zero-order valence-electron chi connectivity index (χ0n) is 16.9. The maximum Gasteiger partial charge on any atom is 0.361 e. The van der Waals surface area contributed by atoms with Crippen molar-refractivity contribution in [2.24, 2.45) is 0 Å². The van der Waals surface area contributed by atoms with E-state index in [1.54, 1.807) is 36.4 Å². The molecule has 2 aromatic heterocycles. The van der Waals surface area contributed by atoms with Gasteiger partial charge in [0.05, 0.1) is 6.26 Å². The molecule has 5 rings (SSSR count). The maximum atomic E-state index is 13.1. The van der Waals surface area contributed by atoms with E-state index in [9.17, 15) is 10.0 Å². The standard InChI is InChI=1S/C25H18N2O5/c28-25-24(23-11-6-16-30-23)26(29)21-9-4-5-10-22(21)27(25)31-17-18-12-14-20(15-13-18)32-19-7-2-1-3-8-19/h1-16H,17H2. The molecule has 0 saturated heterocycles. The van der Waals surface area contributed by atoms with Crippen molar-refractivity contribution in [2.75, 3.05) is 0 Å². The molecular formula is C25H18N2O5. The molecule has 0 aliphatic carbocycles. The molecule has 2 heterocycles. The maximum absolute atomic E-state index is 13.1. The summed E-state index contributed by atoms with van der Waals surface area (Å²) >= 11 is 0. The van der Waals surface area contributed by atoms with E-state index in [0.29, 0.717) is 21.5 Å². The van der Waals surface area contributed by atoms with Crippen LogP contribution in [0.4, 0.5) is 0 Å². The van der Waals surface area contributed by atoms with Gasteiger partial charge in [0.1, 0.15) is 18.1 Å². The Morgan fingerprint density at radius 3 is 2.31 bits per heavy atom. The summed E-state index contributed by atoms with van der Waals surface area (Å²) in [5.41, 5.74) is 0.759. The number of benzene rings is 3. The van der Waals surface area contributed by atoms with Crippen molar-refractivity contribution in [2.45, 2.75) is 6.61 Å². The van der Waals surface area contributed by atoms with Crippen LogP contribution in [0.15, 0.2) is 106 Å². The zero-order chi connectivity index (χ0) is 21.9. The Kier molecular flexibility index (Phi) is 5.05. The van der Waals surface area contributed by atoms with Crippen LogP contribution in [0.2, 0.25) is 0 Å². The number of hydrogen-bond donors (Lipinski definition) is 0. The lowest BCUT2D eigenvalue weighted by molar-refractivity contribution is -0.567. The molecule has 0 saturated carbocycles. The number of rotatable bonds is 6. The highest BCUT2D eigenvalue weighted by molar-refractivity contribution is 5.72. The summed E-state index contributed by atoms with van der Waals surface area (Å²) in [6.45, 7) is 0.121. The largest absolute Gasteiger partial charge is 0.618 e. The van der Waals surface area contributed by atoms with Crippen molar-refractivity contribution in [1.82, 2.24) is 4.73 Å². The third kappa shape index (κ3) is 3.67. The molecule has 0 spiro atoms. The Morgan fingerprint density at radius 1 is 0.844 bits per heavy atom. The Hall–Kier alpha value is -4.52. The SMILES string of the molecule is O=c1c(-c2ccco2)[n+]([O-])c2ccccc2n1OCc1ccc(Oc2ccccc2)cc1. The van der Waals surface area contributed by atoms with Gasteiger partial charge in [0, 0.05) is 6.07 Å². The summed E-state index contributed by atoms with van der Waals surface area (Å²) in [6.07, 6.45) is 1.41. The fourth-order valence-corrected chi connectivity index (χ4v) is 3.38. The van der Waals surface area contributed by atoms with Gasteiger partial charge in [-0.3, -0.25) is 4.79 Å². The second kappa shape index (κ2) is 8.31. The molecule has 0 atom stereocenters. The smallest absolute Gasteiger partial charge is 0.361 e. The average Bonchev–Trinajstić information content (AvgIpc) is 3.35. The second-order valence-corrected chi connectivity index (χ2v) is 7.04. The summed E-state index contributed by atoms with van der Waals surface area (Å²) in [7, 11) is 0. The molecule has 0 unspecified atom stereocenters. The molecule has 0 radical (unpaired) electrons. The van der Waals surface area contributed by atoms with E-state index in [4.69, 9.17) is 14.0 Å². The van der Waals surface area contributed by atoms with Gasteiger partial charge in [0.15, 0.2) is 5.52 Å². The van der Waals surface area contributed by atoms with Gasteiger partial charge in [-0.25, -0.2) is 0 Å². The first-order chi connectivity index (χ1) is 15.7. The van der Waals surface area contributed by atoms with Gasteiger partial charge in [-0.2, -0.15) is 4.73 Å². The van der Waals surface area contributed by atoms with Gasteiger partial charge in [-0.05, 0) is 48.0 Å². The van der Waals surface area contributed by atoms with E-state index >= 15 is 0 Å². The highest BCUT2D eigenvalue weighted by Crippen LogP contribution is 2.21. The number of ether oxygens (including phenoxy) is 1. The quantitative estimate of drug-likeness (QED) is 0.298. The molecule has 0 amide bonds. The molecular weight excluding hydrogens is 408 g/mol. The van der Waals surface area contributed by atoms with E-state index in [-0.39, 0.29) is 18.1 Å². The summed E-state index contributed by atoms with van der Waals surface area (Å²) < 4.78 is 12.8. The predicted molar refractivity (Wildman–Crippen MR) is 118 cm³/mol. The average molecular weight is 426 g/mol. The van der Waals surface area contributed by atoms with Crippen LogP contribution in [0.3, 0.4) is 0 Å². The summed E-state index contributed by atoms with van der Waals surface area (Å²) in [4.78, 5) is 19.0. The molecule has 158 valence electrons. The molecule has 7 nitrogen and oxygen atoms in total. The first-order valence-corrected chi connectivity index (χ1v) is 9.97. The monoisotopic (exact) mass is 426 g/mol. The van der Waals surface area contributed by atoms with Crippen LogP contribution in [0.25, 0.3) is 22.5 Å². The van der Waals surface area contributed by atoms with Gasteiger partial charge in [0.2, 0.25) is 11.3 Å². The second-order valence-electron chi connectivity index (χ2n) is 7.04. The Bertz CT molecular complexity index is 1410. The van der Waals surface area contributed by atoms with Gasteiger partial charge in [-0.1, -0.05) is 42.5 Å². The highest BCUT2D eigenvalue weighted by atomic mass is 16.7. The van der Waals surface area contributed by atoms with Crippen molar-refractivity contribution in [3.8, 4) is 23.0 Å². The van der Waals surface area contributed by atoms with Crippen molar-refractivity contribution >= 4 is 11.0 Å². The van der Waals surface area contributed by atoms with Crippen LogP contribution in [0.1, 0.15) is 5.56 Å². The molecule has 0 fully saturated rings.